The summed E-state index contributed by atoms with van der Waals surface area (Å²) in [5.74, 6) is 0. The lowest BCUT2D eigenvalue weighted by Crippen LogP contribution is -2.11. The lowest BCUT2D eigenvalue weighted by molar-refractivity contribution is 0.257. The van der Waals surface area contributed by atoms with Gasteiger partial charge in [0, 0.05) is 0 Å². The van der Waals surface area contributed by atoms with Crippen molar-refractivity contribution >= 4 is 19.5 Å². The van der Waals surface area contributed by atoms with Gasteiger partial charge in [0.2, 0.25) is 0 Å². The Kier molecular flexibility index (Phi) is 9.26. The van der Waals surface area contributed by atoms with E-state index in [1.165, 1.54) is 40.8 Å². The maximum atomic E-state index is 6.49. The van der Waals surface area contributed by atoms with Gasteiger partial charge in [0.05, 0.1) is 12.2 Å². The third-order valence-corrected chi connectivity index (χ3v) is 8.48. The molecule has 0 heterocycles. The zero-order valence-corrected chi connectivity index (χ0v) is 21.9. The summed E-state index contributed by atoms with van der Waals surface area (Å²) in [4.78, 5) is 0. The van der Waals surface area contributed by atoms with E-state index >= 15 is 0 Å². The van der Waals surface area contributed by atoms with Crippen LogP contribution >= 0.6 is 0 Å². The van der Waals surface area contributed by atoms with Crippen molar-refractivity contribution in [2.75, 3.05) is 0 Å². The SMILES string of the molecule is c1ccc(C(O[SiH2]CCC[SiH2]OC(c2ccccc2)c2ccccc2)c2ccccc2)cc1. The first-order valence-electron chi connectivity index (χ1n) is 11.8. The molecule has 0 aliphatic heterocycles. The first-order chi connectivity index (χ1) is 16.4. The van der Waals surface area contributed by atoms with Gasteiger partial charge in [-0.3, -0.25) is 0 Å². The highest BCUT2D eigenvalue weighted by atomic mass is 28.2. The van der Waals surface area contributed by atoms with Gasteiger partial charge in [-0.15, -0.1) is 0 Å². The molecule has 0 saturated carbocycles. The normalized spacial score (nSPS) is 11.9. The second-order valence-electron chi connectivity index (χ2n) is 8.21. The molecule has 0 aromatic heterocycles. The van der Waals surface area contributed by atoms with Crippen LogP contribution in [0.1, 0.15) is 40.9 Å². The molecule has 4 aromatic carbocycles. The lowest BCUT2D eigenvalue weighted by Gasteiger charge is -2.20. The summed E-state index contributed by atoms with van der Waals surface area (Å²) in [6.45, 7) is 0. The highest BCUT2D eigenvalue weighted by molar-refractivity contribution is 6.29. The summed E-state index contributed by atoms with van der Waals surface area (Å²) < 4.78 is 13.0. The molecule has 0 spiro atoms. The minimum atomic E-state index is -0.606. The summed E-state index contributed by atoms with van der Waals surface area (Å²) >= 11 is 0. The van der Waals surface area contributed by atoms with Gasteiger partial charge in [0.15, 0.2) is 19.5 Å². The summed E-state index contributed by atoms with van der Waals surface area (Å²) in [6, 6.07) is 44.7. The van der Waals surface area contributed by atoms with Gasteiger partial charge in [0.25, 0.3) is 0 Å². The monoisotopic (exact) mass is 468 g/mol. The predicted molar refractivity (Wildman–Crippen MR) is 143 cm³/mol. The Bertz CT molecular complexity index is 878. The van der Waals surface area contributed by atoms with Gasteiger partial charge in [0.1, 0.15) is 0 Å². The fraction of sp³-hybridized carbons (Fsp3) is 0.172. The number of benzene rings is 4. The molecule has 0 saturated heterocycles. The molecule has 4 heteroatoms. The quantitative estimate of drug-likeness (QED) is 0.188. The van der Waals surface area contributed by atoms with Crippen LogP contribution < -0.4 is 0 Å². The van der Waals surface area contributed by atoms with Crippen molar-refractivity contribution in [1.29, 1.82) is 0 Å². The molecule has 0 atom stereocenters. The highest BCUT2D eigenvalue weighted by Crippen LogP contribution is 2.27. The Morgan fingerprint density at radius 2 is 0.697 bits per heavy atom. The molecule has 33 heavy (non-hydrogen) atoms. The van der Waals surface area contributed by atoms with Gasteiger partial charge in [-0.25, -0.2) is 0 Å². The van der Waals surface area contributed by atoms with Crippen LogP contribution in [0, 0.1) is 0 Å². The van der Waals surface area contributed by atoms with E-state index in [4.69, 9.17) is 8.85 Å². The van der Waals surface area contributed by atoms with Gasteiger partial charge in [-0.2, -0.15) is 0 Å². The van der Waals surface area contributed by atoms with E-state index in [0.717, 1.165) is 0 Å². The number of hydrogen-bond donors (Lipinski definition) is 0. The van der Waals surface area contributed by atoms with Crippen LogP contribution in [0.15, 0.2) is 121 Å². The van der Waals surface area contributed by atoms with Gasteiger partial charge in [-0.1, -0.05) is 128 Å². The van der Waals surface area contributed by atoms with E-state index in [1.54, 1.807) is 0 Å². The maximum absolute atomic E-state index is 6.49. The Labute approximate surface area is 202 Å². The summed E-state index contributed by atoms with van der Waals surface area (Å²) in [7, 11) is -1.21. The van der Waals surface area contributed by atoms with Crippen LogP contribution in [0.4, 0.5) is 0 Å². The van der Waals surface area contributed by atoms with Crippen LogP contribution in [0.2, 0.25) is 12.1 Å². The molecule has 0 fully saturated rings. The highest BCUT2D eigenvalue weighted by Gasteiger charge is 2.15. The minimum Gasteiger partial charge on any atom is -0.413 e. The van der Waals surface area contributed by atoms with Crippen LogP contribution in [0.3, 0.4) is 0 Å². The van der Waals surface area contributed by atoms with Crippen LogP contribution in [0.25, 0.3) is 0 Å². The third kappa shape index (κ3) is 7.11. The maximum Gasteiger partial charge on any atom is 0.162 e. The van der Waals surface area contributed by atoms with E-state index in [2.05, 4.69) is 121 Å². The molecule has 2 nitrogen and oxygen atoms in total. The first-order valence-corrected chi connectivity index (χ1v) is 15.0. The molecule has 0 amide bonds. The largest absolute Gasteiger partial charge is 0.413 e. The number of rotatable bonds is 12. The van der Waals surface area contributed by atoms with Gasteiger partial charge >= 0.3 is 0 Å². The topological polar surface area (TPSA) is 18.5 Å². The van der Waals surface area contributed by atoms with Gasteiger partial charge in [-0.05, 0) is 34.3 Å². The van der Waals surface area contributed by atoms with E-state index in [0.29, 0.717) is 0 Å². The zero-order valence-electron chi connectivity index (χ0n) is 19.1. The Hall–Kier alpha value is -2.77. The number of hydrogen-bond acceptors (Lipinski definition) is 2. The van der Waals surface area contributed by atoms with Crippen molar-refractivity contribution in [3.63, 3.8) is 0 Å². The zero-order chi connectivity index (χ0) is 22.6. The second-order valence-corrected chi connectivity index (χ2v) is 11.1. The van der Waals surface area contributed by atoms with Crippen molar-refractivity contribution in [2.24, 2.45) is 0 Å². The molecule has 0 aliphatic rings. The molecule has 168 valence electrons. The first kappa shape index (κ1) is 23.4. The molecule has 0 radical (unpaired) electrons. The van der Waals surface area contributed by atoms with Crippen LogP contribution in [-0.4, -0.2) is 19.5 Å². The molecule has 0 N–H and O–H groups in total. The van der Waals surface area contributed by atoms with Crippen molar-refractivity contribution in [1.82, 2.24) is 0 Å². The van der Waals surface area contributed by atoms with E-state index in [1.807, 2.05) is 0 Å². The summed E-state index contributed by atoms with van der Waals surface area (Å²) in [5.41, 5.74) is 4.95. The molecule has 4 rings (SSSR count). The van der Waals surface area contributed by atoms with Crippen molar-refractivity contribution in [2.45, 2.75) is 30.7 Å². The van der Waals surface area contributed by atoms with E-state index in [-0.39, 0.29) is 12.2 Å². The Morgan fingerprint density at radius 3 is 0.970 bits per heavy atom. The summed E-state index contributed by atoms with van der Waals surface area (Å²) in [6.07, 6.45) is 1.30. The molecule has 4 aromatic rings. The summed E-state index contributed by atoms with van der Waals surface area (Å²) in [5, 5.41) is 0. The van der Waals surface area contributed by atoms with E-state index in [9.17, 15) is 0 Å². The van der Waals surface area contributed by atoms with Gasteiger partial charge < -0.3 is 8.85 Å². The Balaban J connectivity index is 1.25. The minimum absolute atomic E-state index is 0.0492. The van der Waals surface area contributed by atoms with Crippen LogP contribution in [-0.2, 0) is 8.85 Å². The standard InChI is InChI=1S/C29H32O2Si2/c1-5-14-24(15-6-1)28(25-16-7-2-8-17-25)30-32-22-13-23-33-31-29(26-18-9-3-10-19-26)27-20-11-4-12-21-27/h1-12,14-21,28-29H,13,22-23,32-33H2. The smallest absolute Gasteiger partial charge is 0.162 e. The fourth-order valence-corrected chi connectivity index (χ4v) is 7.46. The molecular weight excluding hydrogens is 436 g/mol. The van der Waals surface area contributed by atoms with Crippen molar-refractivity contribution in [3.8, 4) is 0 Å². The van der Waals surface area contributed by atoms with E-state index < -0.39 is 19.5 Å². The Morgan fingerprint density at radius 1 is 0.424 bits per heavy atom. The average Bonchev–Trinajstić information content (AvgIpc) is 2.90. The molecule has 0 bridgehead atoms. The third-order valence-electron chi connectivity index (χ3n) is 5.77. The molecule has 0 aliphatic carbocycles. The van der Waals surface area contributed by atoms with Crippen LogP contribution in [0.5, 0.6) is 0 Å². The second kappa shape index (κ2) is 13.1. The molecule has 0 unspecified atom stereocenters. The van der Waals surface area contributed by atoms with Crippen molar-refractivity contribution < 1.29 is 8.85 Å². The van der Waals surface area contributed by atoms with Crippen molar-refractivity contribution in [3.05, 3.63) is 144 Å². The molecular formula is C29H32O2Si2. The average molecular weight is 469 g/mol. The predicted octanol–water partition coefficient (Wildman–Crippen LogP) is 5.99. The lowest BCUT2D eigenvalue weighted by atomic mass is 10.0. The fourth-order valence-electron chi connectivity index (χ4n) is 4.06.